The maximum absolute atomic E-state index is 11.4. The second kappa shape index (κ2) is 8.24. The van der Waals surface area contributed by atoms with Crippen LogP contribution in [-0.2, 0) is 0 Å². The predicted molar refractivity (Wildman–Crippen MR) is 82.1 cm³/mol. The van der Waals surface area contributed by atoms with E-state index in [2.05, 4.69) is 0 Å². The van der Waals surface area contributed by atoms with Crippen LogP contribution >= 0.6 is 0 Å². The van der Waals surface area contributed by atoms with Gasteiger partial charge in [0, 0.05) is 19.2 Å². The number of hydrogen-bond acceptors (Lipinski definition) is 4. The first-order valence-electron chi connectivity index (χ1n) is 7.28. The molecule has 0 unspecified atom stereocenters. The van der Waals surface area contributed by atoms with E-state index in [1.54, 1.807) is 0 Å². The van der Waals surface area contributed by atoms with Crippen molar-refractivity contribution < 1.29 is 14.8 Å². The monoisotopic (exact) mass is 294 g/mol. The Morgan fingerprint density at radius 3 is 2.24 bits per heavy atom. The molecule has 0 atom stereocenters. The number of nitro groups is 1. The van der Waals surface area contributed by atoms with Gasteiger partial charge in [-0.2, -0.15) is 0 Å². The molecule has 0 spiro atoms. The van der Waals surface area contributed by atoms with Crippen molar-refractivity contribution in [1.29, 1.82) is 0 Å². The highest BCUT2D eigenvalue weighted by Gasteiger charge is 2.25. The zero-order chi connectivity index (χ0) is 15.8. The van der Waals surface area contributed by atoms with Gasteiger partial charge in [-0.05, 0) is 18.9 Å². The van der Waals surface area contributed by atoms with Gasteiger partial charge in [0.2, 0.25) is 0 Å². The summed E-state index contributed by atoms with van der Waals surface area (Å²) < 4.78 is 0. The summed E-state index contributed by atoms with van der Waals surface area (Å²) in [6.07, 6.45) is 3.64. The Balaban J connectivity index is 3.30. The summed E-state index contributed by atoms with van der Waals surface area (Å²) in [5.74, 6) is -1.13. The SMILES string of the molecule is CCCCN(CCCC)c1c(C(=O)O)cccc1[N+](=O)[O-]. The third-order valence-corrected chi connectivity index (χ3v) is 3.32. The average molecular weight is 294 g/mol. The number of carboxylic acid groups (broad SMARTS) is 1. The summed E-state index contributed by atoms with van der Waals surface area (Å²) >= 11 is 0. The molecule has 1 rings (SSSR count). The molecule has 0 saturated carbocycles. The summed E-state index contributed by atoms with van der Waals surface area (Å²) in [4.78, 5) is 24.0. The summed E-state index contributed by atoms with van der Waals surface area (Å²) in [5, 5.41) is 20.6. The molecule has 1 aromatic rings. The van der Waals surface area contributed by atoms with E-state index in [0.717, 1.165) is 25.7 Å². The highest BCUT2D eigenvalue weighted by molar-refractivity contribution is 5.97. The quantitative estimate of drug-likeness (QED) is 0.554. The van der Waals surface area contributed by atoms with Crippen molar-refractivity contribution in [3.8, 4) is 0 Å². The molecular weight excluding hydrogens is 272 g/mol. The minimum absolute atomic E-state index is 0.00333. The fourth-order valence-electron chi connectivity index (χ4n) is 2.22. The van der Waals surface area contributed by atoms with Crippen molar-refractivity contribution >= 4 is 17.3 Å². The summed E-state index contributed by atoms with van der Waals surface area (Å²) in [7, 11) is 0. The standard InChI is InChI=1S/C15H22N2O4/c1-3-5-10-16(11-6-4-2)14-12(15(18)19)8-7-9-13(14)17(20)21/h7-9H,3-6,10-11H2,1-2H3,(H,18,19). The number of nitro benzene ring substituents is 1. The van der Waals surface area contributed by atoms with Crippen LogP contribution in [0.4, 0.5) is 11.4 Å². The molecule has 0 aliphatic heterocycles. The Morgan fingerprint density at radius 2 is 1.81 bits per heavy atom. The van der Waals surface area contributed by atoms with Crippen LogP contribution in [-0.4, -0.2) is 29.1 Å². The van der Waals surface area contributed by atoms with Crippen LogP contribution < -0.4 is 4.90 Å². The fourth-order valence-corrected chi connectivity index (χ4v) is 2.22. The van der Waals surface area contributed by atoms with Gasteiger partial charge in [0.1, 0.15) is 5.69 Å². The van der Waals surface area contributed by atoms with Crippen LogP contribution in [0, 0.1) is 10.1 Å². The lowest BCUT2D eigenvalue weighted by atomic mass is 10.1. The number of nitrogens with zero attached hydrogens (tertiary/aromatic N) is 2. The molecule has 0 saturated heterocycles. The Labute approximate surface area is 124 Å². The number of aromatic carboxylic acids is 1. The van der Waals surface area contributed by atoms with E-state index in [4.69, 9.17) is 0 Å². The number of hydrogen-bond donors (Lipinski definition) is 1. The van der Waals surface area contributed by atoms with Crippen molar-refractivity contribution in [2.24, 2.45) is 0 Å². The Hall–Kier alpha value is -2.11. The lowest BCUT2D eigenvalue weighted by Crippen LogP contribution is -2.28. The fraction of sp³-hybridized carbons (Fsp3) is 0.533. The van der Waals surface area contributed by atoms with E-state index >= 15 is 0 Å². The molecule has 21 heavy (non-hydrogen) atoms. The van der Waals surface area contributed by atoms with Gasteiger partial charge in [0.25, 0.3) is 5.69 Å². The van der Waals surface area contributed by atoms with Crippen LogP contribution in [0.3, 0.4) is 0 Å². The van der Waals surface area contributed by atoms with Crippen LogP contribution in [0.25, 0.3) is 0 Å². The van der Waals surface area contributed by atoms with E-state index in [1.165, 1.54) is 18.2 Å². The van der Waals surface area contributed by atoms with Crippen LogP contribution in [0.2, 0.25) is 0 Å². The third-order valence-electron chi connectivity index (χ3n) is 3.32. The Morgan fingerprint density at radius 1 is 1.24 bits per heavy atom. The zero-order valence-corrected chi connectivity index (χ0v) is 12.5. The molecule has 0 heterocycles. The van der Waals surface area contributed by atoms with Crippen LogP contribution in [0.5, 0.6) is 0 Å². The Kier molecular flexibility index (Phi) is 6.65. The van der Waals surface area contributed by atoms with E-state index in [-0.39, 0.29) is 16.9 Å². The Bertz CT molecular complexity index is 462. The number of unbranched alkanes of at least 4 members (excludes halogenated alkanes) is 2. The van der Waals surface area contributed by atoms with Gasteiger partial charge in [-0.25, -0.2) is 4.79 Å². The number of benzene rings is 1. The topological polar surface area (TPSA) is 83.7 Å². The molecule has 1 N–H and O–H groups in total. The lowest BCUT2D eigenvalue weighted by Gasteiger charge is -2.25. The molecule has 0 amide bonds. The molecule has 0 radical (unpaired) electrons. The molecule has 0 aliphatic rings. The average Bonchev–Trinajstić information content (AvgIpc) is 2.46. The summed E-state index contributed by atoms with van der Waals surface area (Å²) in [6, 6.07) is 4.21. The van der Waals surface area contributed by atoms with Gasteiger partial charge in [0.15, 0.2) is 0 Å². The van der Waals surface area contributed by atoms with Gasteiger partial charge in [-0.3, -0.25) is 10.1 Å². The summed E-state index contributed by atoms with van der Waals surface area (Å²) in [6.45, 7) is 5.33. The highest BCUT2D eigenvalue weighted by atomic mass is 16.6. The molecule has 0 aliphatic carbocycles. The number of anilines is 1. The van der Waals surface area contributed by atoms with Gasteiger partial charge in [-0.1, -0.05) is 32.8 Å². The first kappa shape index (κ1) is 16.9. The number of para-hydroxylation sites is 1. The van der Waals surface area contributed by atoms with Gasteiger partial charge in [0.05, 0.1) is 10.5 Å². The van der Waals surface area contributed by atoms with Crippen molar-refractivity contribution in [3.63, 3.8) is 0 Å². The molecule has 6 nitrogen and oxygen atoms in total. The van der Waals surface area contributed by atoms with Crippen molar-refractivity contribution in [1.82, 2.24) is 0 Å². The molecule has 0 bridgehead atoms. The van der Waals surface area contributed by atoms with Crippen molar-refractivity contribution in [2.75, 3.05) is 18.0 Å². The first-order valence-corrected chi connectivity index (χ1v) is 7.28. The van der Waals surface area contributed by atoms with Crippen molar-refractivity contribution in [2.45, 2.75) is 39.5 Å². The van der Waals surface area contributed by atoms with E-state index in [1.807, 2.05) is 18.7 Å². The second-order valence-corrected chi connectivity index (χ2v) is 4.93. The number of carboxylic acids is 1. The molecule has 0 fully saturated rings. The normalized spacial score (nSPS) is 10.4. The maximum Gasteiger partial charge on any atom is 0.338 e. The molecular formula is C15H22N2O4. The minimum Gasteiger partial charge on any atom is -0.478 e. The smallest absolute Gasteiger partial charge is 0.338 e. The van der Waals surface area contributed by atoms with Gasteiger partial charge >= 0.3 is 5.97 Å². The largest absolute Gasteiger partial charge is 0.478 e. The number of carbonyl (C=O) groups is 1. The second-order valence-electron chi connectivity index (χ2n) is 4.93. The van der Waals surface area contributed by atoms with Crippen molar-refractivity contribution in [3.05, 3.63) is 33.9 Å². The van der Waals surface area contributed by atoms with Crippen LogP contribution in [0.15, 0.2) is 18.2 Å². The lowest BCUT2D eigenvalue weighted by molar-refractivity contribution is -0.384. The minimum atomic E-state index is -1.13. The predicted octanol–water partition coefficient (Wildman–Crippen LogP) is 3.70. The van der Waals surface area contributed by atoms with Gasteiger partial charge in [-0.15, -0.1) is 0 Å². The van der Waals surface area contributed by atoms with Crippen LogP contribution in [0.1, 0.15) is 49.9 Å². The van der Waals surface area contributed by atoms with E-state index in [0.29, 0.717) is 13.1 Å². The highest BCUT2D eigenvalue weighted by Crippen LogP contribution is 2.32. The van der Waals surface area contributed by atoms with E-state index < -0.39 is 10.9 Å². The number of rotatable bonds is 9. The third kappa shape index (κ3) is 4.44. The molecule has 1 aromatic carbocycles. The zero-order valence-electron chi connectivity index (χ0n) is 12.5. The summed E-state index contributed by atoms with van der Waals surface area (Å²) in [5.41, 5.74) is 0.0930. The van der Waals surface area contributed by atoms with Gasteiger partial charge < -0.3 is 10.0 Å². The maximum atomic E-state index is 11.4. The molecule has 6 heteroatoms. The molecule has 0 aromatic heterocycles. The van der Waals surface area contributed by atoms with E-state index in [9.17, 15) is 20.0 Å². The first-order chi connectivity index (χ1) is 10.0. The molecule has 116 valence electrons.